The number of aromatic nitrogens is 2. The van der Waals surface area contributed by atoms with E-state index in [9.17, 15) is 4.79 Å². The van der Waals surface area contributed by atoms with Gasteiger partial charge in [0.15, 0.2) is 0 Å². The minimum atomic E-state index is -0.805. The molecule has 3 aromatic rings. The average Bonchev–Trinajstić information content (AvgIpc) is 3.09. The summed E-state index contributed by atoms with van der Waals surface area (Å²) >= 11 is 7.86. The number of ether oxygens (including phenoxy) is 1. The van der Waals surface area contributed by atoms with Crippen LogP contribution in [0.1, 0.15) is 36.0 Å². The van der Waals surface area contributed by atoms with Crippen LogP contribution in [0.4, 0.5) is 5.82 Å². The summed E-state index contributed by atoms with van der Waals surface area (Å²) in [6.45, 7) is 2.67. The molecular formula is C20H22ClN3O3S. The van der Waals surface area contributed by atoms with Crippen molar-refractivity contribution in [3.05, 3.63) is 45.6 Å². The van der Waals surface area contributed by atoms with Crippen molar-refractivity contribution in [2.45, 2.75) is 39.2 Å². The molecule has 0 aliphatic heterocycles. The minimum Gasteiger partial charge on any atom is -0.495 e. The number of carbonyl (C=O) groups is 1. The van der Waals surface area contributed by atoms with E-state index in [-0.39, 0.29) is 6.42 Å². The standard InChI is InChI=1S/C20H22ClN3O3S/c1-3-13-10-14-19(22-11-12-7-8-16(27-2)15(21)9-12)23-17(24-20(14)28-13)5-4-6-18(25)26/h7-10H,3-6,11H2,1-2H3,(H,25,26)(H,22,23,24). The maximum atomic E-state index is 10.8. The molecular weight excluding hydrogens is 398 g/mol. The van der Waals surface area contributed by atoms with Gasteiger partial charge >= 0.3 is 5.97 Å². The number of carboxylic acids is 1. The second-order valence-electron chi connectivity index (χ2n) is 6.34. The molecule has 0 atom stereocenters. The fourth-order valence-corrected chi connectivity index (χ4v) is 4.11. The summed E-state index contributed by atoms with van der Waals surface area (Å²) in [5.41, 5.74) is 1.01. The number of benzene rings is 1. The average molecular weight is 420 g/mol. The first-order chi connectivity index (χ1) is 13.5. The molecule has 148 valence electrons. The number of thiophene rings is 1. The van der Waals surface area contributed by atoms with Crippen LogP contribution < -0.4 is 10.1 Å². The third kappa shape index (κ3) is 4.91. The number of nitrogens with one attached hydrogen (secondary N) is 1. The van der Waals surface area contributed by atoms with E-state index >= 15 is 0 Å². The molecule has 2 N–H and O–H groups in total. The number of halogens is 1. The molecule has 2 heterocycles. The molecule has 8 heteroatoms. The van der Waals surface area contributed by atoms with Crippen LogP contribution in [0.25, 0.3) is 10.2 Å². The molecule has 0 aliphatic carbocycles. The van der Waals surface area contributed by atoms with Crippen LogP contribution in [0.15, 0.2) is 24.3 Å². The van der Waals surface area contributed by atoms with E-state index in [1.165, 1.54) is 4.88 Å². The third-order valence-corrected chi connectivity index (χ3v) is 5.77. The van der Waals surface area contributed by atoms with E-state index in [2.05, 4.69) is 28.3 Å². The second kappa shape index (κ2) is 9.21. The Balaban J connectivity index is 1.83. The molecule has 3 rings (SSSR count). The largest absolute Gasteiger partial charge is 0.495 e. The zero-order chi connectivity index (χ0) is 20.1. The molecule has 0 unspecified atom stereocenters. The van der Waals surface area contributed by atoms with Crippen molar-refractivity contribution in [2.24, 2.45) is 0 Å². The fourth-order valence-electron chi connectivity index (χ4n) is 2.84. The molecule has 0 aliphatic rings. The van der Waals surface area contributed by atoms with Gasteiger partial charge in [-0.05, 0) is 36.6 Å². The van der Waals surface area contributed by atoms with Crippen molar-refractivity contribution in [1.82, 2.24) is 9.97 Å². The summed E-state index contributed by atoms with van der Waals surface area (Å²) in [7, 11) is 1.59. The lowest BCUT2D eigenvalue weighted by molar-refractivity contribution is -0.137. The van der Waals surface area contributed by atoms with Crippen molar-refractivity contribution in [1.29, 1.82) is 0 Å². The first-order valence-electron chi connectivity index (χ1n) is 9.07. The normalized spacial score (nSPS) is 11.0. The SMILES string of the molecule is CCc1cc2c(NCc3ccc(OC)c(Cl)c3)nc(CCCC(=O)O)nc2s1. The molecule has 0 fully saturated rings. The van der Waals surface area contributed by atoms with Crippen molar-refractivity contribution < 1.29 is 14.6 Å². The Labute approximate surface area is 172 Å². The van der Waals surface area contributed by atoms with Crippen LogP contribution >= 0.6 is 22.9 Å². The van der Waals surface area contributed by atoms with Gasteiger partial charge in [-0.3, -0.25) is 4.79 Å². The fraction of sp³-hybridized carbons (Fsp3) is 0.350. The second-order valence-corrected chi connectivity index (χ2v) is 7.87. The number of hydrogen-bond acceptors (Lipinski definition) is 6. The maximum absolute atomic E-state index is 10.8. The first-order valence-corrected chi connectivity index (χ1v) is 10.3. The number of hydrogen-bond donors (Lipinski definition) is 2. The van der Waals surface area contributed by atoms with Crippen molar-refractivity contribution in [3.63, 3.8) is 0 Å². The summed E-state index contributed by atoms with van der Waals surface area (Å²) in [5.74, 6) is 1.26. The predicted molar refractivity (Wildman–Crippen MR) is 113 cm³/mol. The summed E-state index contributed by atoms with van der Waals surface area (Å²) in [6, 6.07) is 7.77. The smallest absolute Gasteiger partial charge is 0.303 e. The third-order valence-electron chi connectivity index (χ3n) is 4.31. The van der Waals surface area contributed by atoms with Crippen molar-refractivity contribution in [3.8, 4) is 5.75 Å². The van der Waals surface area contributed by atoms with Crippen molar-refractivity contribution >= 4 is 44.9 Å². The van der Waals surface area contributed by atoms with Gasteiger partial charge in [-0.25, -0.2) is 9.97 Å². The summed E-state index contributed by atoms with van der Waals surface area (Å²) in [6.07, 6.45) is 2.09. The molecule has 28 heavy (non-hydrogen) atoms. The van der Waals surface area contributed by atoms with Gasteiger partial charge in [0.25, 0.3) is 0 Å². The molecule has 6 nitrogen and oxygen atoms in total. The van der Waals surface area contributed by atoms with E-state index in [1.807, 2.05) is 18.2 Å². The monoisotopic (exact) mass is 419 g/mol. The Morgan fingerprint density at radius 1 is 1.32 bits per heavy atom. The molecule has 0 amide bonds. The Kier molecular flexibility index (Phi) is 6.70. The molecule has 0 bridgehead atoms. The van der Waals surface area contributed by atoms with Gasteiger partial charge in [-0.1, -0.05) is 24.6 Å². The lowest BCUT2D eigenvalue weighted by Crippen LogP contribution is -2.06. The maximum Gasteiger partial charge on any atom is 0.303 e. The van der Waals surface area contributed by atoms with Crippen LogP contribution in [0.2, 0.25) is 5.02 Å². The number of rotatable bonds is 9. The quantitative estimate of drug-likeness (QED) is 0.511. The summed E-state index contributed by atoms with van der Waals surface area (Å²) in [5, 5.41) is 13.8. The molecule has 0 spiro atoms. The van der Waals surface area contributed by atoms with Gasteiger partial charge in [-0.2, -0.15) is 0 Å². The van der Waals surface area contributed by atoms with Gasteiger partial charge in [-0.15, -0.1) is 11.3 Å². The van der Waals surface area contributed by atoms with E-state index < -0.39 is 5.97 Å². The number of aryl methyl sites for hydroxylation is 2. The lowest BCUT2D eigenvalue weighted by atomic mass is 10.2. The molecule has 2 aromatic heterocycles. The van der Waals surface area contributed by atoms with Gasteiger partial charge in [0, 0.05) is 24.3 Å². The minimum absolute atomic E-state index is 0.110. The summed E-state index contributed by atoms with van der Waals surface area (Å²) in [4.78, 5) is 22.2. The Hall–Kier alpha value is -2.38. The van der Waals surface area contributed by atoms with Crippen LogP contribution in [0, 0.1) is 0 Å². The van der Waals surface area contributed by atoms with E-state index in [0.29, 0.717) is 36.0 Å². The number of carboxylic acid groups (broad SMARTS) is 1. The predicted octanol–water partition coefficient (Wildman–Crippen LogP) is 4.94. The van der Waals surface area contributed by atoms with Gasteiger partial charge in [0.2, 0.25) is 0 Å². The highest BCUT2D eigenvalue weighted by Gasteiger charge is 2.12. The topological polar surface area (TPSA) is 84.3 Å². The van der Waals surface area contributed by atoms with Gasteiger partial charge < -0.3 is 15.2 Å². The lowest BCUT2D eigenvalue weighted by Gasteiger charge is -2.10. The van der Waals surface area contributed by atoms with Gasteiger partial charge in [0.05, 0.1) is 17.5 Å². The van der Waals surface area contributed by atoms with Crippen LogP contribution in [0.3, 0.4) is 0 Å². The van der Waals surface area contributed by atoms with E-state index in [4.69, 9.17) is 21.4 Å². The number of fused-ring (bicyclic) bond motifs is 1. The summed E-state index contributed by atoms with van der Waals surface area (Å²) < 4.78 is 5.19. The van der Waals surface area contributed by atoms with Crippen LogP contribution in [0.5, 0.6) is 5.75 Å². The van der Waals surface area contributed by atoms with Gasteiger partial charge in [0.1, 0.15) is 22.2 Å². The number of aliphatic carboxylic acids is 1. The highest BCUT2D eigenvalue weighted by Crippen LogP contribution is 2.30. The highest BCUT2D eigenvalue weighted by atomic mass is 35.5. The first kappa shape index (κ1) is 20.4. The number of nitrogens with zero attached hydrogens (tertiary/aromatic N) is 2. The Morgan fingerprint density at radius 3 is 2.82 bits per heavy atom. The van der Waals surface area contributed by atoms with E-state index in [0.717, 1.165) is 28.0 Å². The zero-order valence-corrected chi connectivity index (χ0v) is 17.4. The zero-order valence-electron chi connectivity index (χ0n) is 15.8. The van der Waals surface area contributed by atoms with Crippen molar-refractivity contribution in [2.75, 3.05) is 12.4 Å². The number of anilines is 1. The van der Waals surface area contributed by atoms with Crippen LogP contribution in [-0.4, -0.2) is 28.2 Å². The highest BCUT2D eigenvalue weighted by molar-refractivity contribution is 7.18. The molecule has 0 saturated heterocycles. The molecule has 1 aromatic carbocycles. The Morgan fingerprint density at radius 2 is 2.14 bits per heavy atom. The molecule has 0 saturated carbocycles. The molecule has 0 radical (unpaired) electrons. The Bertz CT molecular complexity index is 990. The van der Waals surface area contributed by atoms with E-state index in [1.54, 1.807) is 18.4 Å². The number of methoxy groups -OCH3 is 1. The van der Waals surface area contributed by atoms with Crippen LogP contribution in [-0.2, 0) is 24.2 Å².